The predicted molar refractivity (Wildman–Crippen MR) is 183 cm³/mol. The number of nitrogens with zero attached hydrogens (tertiary/aromatic N) is 3. The minimum Gasteiger partial charge on any atom is -0.488 e. The number of methoxy groups -OCH3 is 1. The van der Waals surface area contributed by atoms with Crippen molar-refractivity contribution in [2.45, 2.75) is 84.7 Å². The molecule has 47 heavy (non-hydrogen) atoms. The number of amides is 1. The minimum atomic E-state index is -0.533. The van der Waals surface area contributed by atoms with Gasteiger partial charge in [0.2, 0.25) is 0 Å². The maximum absolute atomic E-state index is 13.5. The van der Waals surface area contributed by atoms with Crippen molar-refractivity contribution in [2.24, 2.45) is 5.92 Å². The van der Waals surface area contributed by atoms with E-state index < -0.39 is 5.60 Å². The Morgan fingerprint density at radius 3 is 2.60 bits per heavy atom. The Morgan fingerprint density at radius 2 is 1.85 bits per heavy atom. The van der Waals surface area contributed by atoms with Crippen LogP contribution in [-0.2, 0) is 32.0 Å². The van der Waals surface area contributed by atoms with E-state index in [-0.39, 0.29) is 29.9 Å². The Bertz CT molecular complexity index is 1610. The smallest absolute Gasteiger partial charge is 0.312 e. The van der Waals surface area contributed by atoms with Crippen LogP contribution < -0.4 is 9.64 Å². The summed E-state index contributed by atoms with van der Waals surface area (Å²) in [5.41, 5.74) is 6.56. The Morgan fingerprint density at radius 1 is 1.06 bits per heavy atom. The molecule has 1 aromatic heterocycles. The lowest BCUT2D eigenvalue weighted by atomic mass is 9.90. The van der Waals surface area contributed by atoms with Crippen LogP contribution in [-0.4, -0.2) is 79.5 Å². The van der Waals surface area contributed by atoms with Gasteiger partial charge in [0.15, 0.2) is 5.13 Å². The number of ether oxygens (including phenoxy) is 4. The number of aromatic nitrogens is 1. The lowest BCUT2D eigenvalue weighted by Crippen LogP contribution is -2.49. The fourth-order valence-electron chi connectivity index (χ4n) is 6.95. The van der Waals surface area contributed by atoms with Gasteiger partial charge in [-0.15, -0.1) is 11.3 Å². The Hall–Kier alpha value is -3.47. The number of esters is 1. The predicted octanol–water partition coefficient (Wildman–Crippen LogP) is 6.37. The summed E-state index contributed by atoms with van der Waals surface area (Å²) in [6.07, 6.45) is 3.04. The Kier molecular flexibility index (Phi) is 9.92. The molecule has 1 amide bonds. The van der Waals surface area contributed by atoms with Gasteiger partial charge < -0.3 is 28.7 Å². The molecule has 0 saturated carbocycles. The zero-order valence-corrected chi connectivity index (χ0v) is 29.3. The van der Waals surface area contributed by atoms with Crippen molar-refractivity contribution in [3.63, 3.8) is 0 Å². The highest BCUT2D eigenvalue weighted by Crippen LogP contribution is 2.37. The number of hydrogen-bond donors (Lipinski definition) is 0. The summed E-state index contributed by atoms with van der Waals surface area (Å²) in [4.78, 5) is 35.6. The van der Waals surface area contributed by atoms with Crippen LogP contribution in [0.2, 0.25) is 0 Å². The Labute approximate surface area is 282 Å². The van der Waals surface area contributed by atoms with Gasteiger partial charge in [-0.3, -0.25) is 9.59 Å². The first kappa shape index (κ1) is 33.4. The molecule has 2 aromatic carbocycles. The third kappa shape index (κ3) is 7.34. The average molecular weight is 662 g/mol. The van der Waals surface area contributed by atoms with Gasteiger partial charge in [-0.1, -0.05) is 17.7 Å². The van der Waals surface area contributed by atoms with E-state index in [2.05, 4.69) is 41.2 Å². The van der Waals surface area contributed by atoms with Crippen molar-refractivity contribution in [2.75, 3.05) is 44.9 Å². The van der Waals surface area contributed by atoms with Gasteiger partial charge in [0.05, 0.1) is 17.7 Å². The van der Waals surface area contributed by atoms with Gasteiger partial charge in [0.1, 0.15) is 18.0 Å². The summed E-state index contributed by atoms with van der Waals surface area (Å²) < 4.78 is 23.4. The second-order valence-corrected chi connectivity index (χ2v) is 14.8. The van der Waals surface area contributed by atoms with Gasteiger partial charge in [0, 0.05) is 62.5 Å². The van der Waals surface area contributed by atoms with Crippen LogP contribution in [0.25, 0.3) is 11.3 Å². The van der Waals surface area contributed by atoms with Crippen LogP contribution in [0.4, 0.5) is 5.13 Å². The summed E-state index contributed by atoms with van der Waals surface area (Å²) in [6.45, 7) is 13.7. The summed E-state index contributed by atoms with van der Waals surface area (Å²) in [5, 5.41) is 2.96. The number of fused-ring (bicyclic) bond motifs is 1. The molecule has 2 atom stereocenters. The molecule has 0 spiro atoms. The number of anilines is 1. The molecule has 9 nitrogen and oxygen atoms in total. The number of benzene rings is 2. The van der Waals surface area contributed by atoms with Gasteiger partial charge in [-0.2, -0.15) is 0 Å². The molecule has 4 heterocycles. The summed E-state index contributed by atoms with van der Waals surface area (Å²) in [5.74, 6) is 0.399. The van der Waals surface area contributed by atoms with Gasteiger partial charge in [-0.25, -0.2) is 4.98 Å². The topological polar surface area (TPSA) is 90.4 Å². The van der Waals surface area contributed by atoms with Crippen LogP contribution in [0.1, 0.15) is 72.6 Å². The third-order valence-electron chi connectivity index (χ3n) is 9.56. The number of thiazole rings is 1. The van der Waals surface area contributed by atoms with Crippen molar-refractivity contribution in [1.29, 1.82) is 0 Å². The molecule has 0 bridgehead atoms. The summed E-state index contributed by atoms with van der Waals surface area (Å²) >= 11 is 1.59. The van der Waals surface area contributed by atoms with Crippen molar-refractivity contribution in [1.82, 2.24) is 9.88 Å². The van der Waals surface area contributed by atoms with Gasteiger partial charge >= 0.3 is 5.97 Å². The molecule has 0 N–H and O–H groups in total. The van der Waals surface area contributed by atoms with E-state index in [0.717, 1.165) is 89.0 Å². The van der Waals surface area contributed by atoms with Gasteiger partial charge in [0.25, 0.3) is 5.91 Å². The van der Waals surface area contributed by atoms with E-state index in [1.54, 1.807) is 18.4 Å². The fraction of sp³-hybridized carbons (Fsp3) is 0.541. The monoisotopic (exact) mass is 661 g/mol. The molecule has 3 aliphatic rings. The highest BCUT2D eigenvalue weighted by Gasteiger charge is 2.38. The number of carbonyl (C=O) groups excluding carboxylic acids is 2. The minimum absolute atomic E-state index is 0.139. The average Bonchev–Trinajstić information content (AvgIpc) is 3.55. The number of rotatable bonds is 8. The normalized spacial score (nSPS) is 20.7. The molecule has 0 unspecified atom stereocenters. The molecule has 252 valence electrons. The fourth-order valence-corrected chi connectivity index (χ4v) is 7.82. The second kappa shape index (κ2) is 13.9. The molecule has 0 radical (unpaired) electrons. The lowest BCUT2D eigenvalue weighted by Gasteiger charge is -2.38. The molecule has 3 aromatic rings. The molecule has 6 rings (SSSR count). The standard InChI is InChI=1S/C37H47N3O6S/c1-23-7-10-32(45-21-25-8-9-28-27(24(25)2)12-16-40(34(28)41)26-13-17-44-18-14-26)30(19-23)31-22-47-36(38-31)39-15-11-29(33(20-39)43-6)35(42)46-37(3,4)5/h7-10,19,22,26,29,33H,11-18,20-21H2,1-6H3/t29-,33+/m1/s1. The highest BCUT2D eigenvalue weighted by molar-refractivity contribution is 7.14. The van der Waals surface area contributed by atoms with Crippen molar-refractivity contribution >= 4 is 28.3 Å². The van der Waals surface area contributed by atoms with E-state index >= 15 is 0 Å². The van der Waals surface area contributed by atoms with E-state index in [4.69, 9.17) is 23.9 Å². The molecule has 0 aliphatic carbocycles. The molecular formula is C37H47N3O6S. The quantitative estimate of drug-likeness (QED) is 0.258. The highest BCUT2D eigenvalue weighted by atomic mass is 32.1. The van der Waals surface area contributed by atoms with Crippen LogP contribution in [0.5, 0.6) is 5.75 Å². The maximum Gasteiger partial charge on any atom is 0.312 e. The lowest BCUT2D eigenvalue weighted by molar-refractivity contribution is -0.165. The zero-order valence-electron chi connectivity index (χ0n) is 28.5. The molecular weight excluding hydrogens is 614 g/mol. The van der Waals surface area contributed by atoms with Crippen LogP contribution >= 0.6 is 11.3 Å². The van der Waals surface area contributed by atoms with Gasteiger partial charge in [-0.05, 0) is 95.2 Å². The van der Waals surface area contributed by atoms with Crippen molar-refractivity contribution < 1.29 is 28.5 Å². The van der Waals surface area contributed by atoms with E-state index in [1.165, 1.54) is 0 Å². The largest absolute Gasteiger partial charge is 0.488 e. The van der Waals surface area contributed by atoms with Crippen molar-refractivity contribution in [3.05, 3.63) is 63.5 Å². The van der Waals surface area contributed by atoms with Crippen molar-refractivity contribution in [3.8, 4) is 17.0 Å². The molecule has 10 heteroatoms. The van der Waals surface area contributed by atoms with Crippen LogP contribution in [0.3, 0.4) is 0 Å². The molecule has 3 aliphatic heterocycles. The first-order valence-electron chi connectivity index (χ1n) is 16.7. The van der Waals surface area contributed by atoms with Crippen LogP contribution in [0.15, 0.2) is 35.7 Å². The van der Waals surface area contributed by atoms with E-state index in [1.807, 2.05) is 39.0 Å². The Balaban J connectivity index is 1.15. The summed E-state index contributed by atoms with van der Waals surface area (Å²) in [7, 11) is 1.65. The van der Waals surface area contributed by atoms with E-state index in [0.29, 0.717) is 26.1 Å². The van der Waals surface area contributed by atoms with E-state index in [9.17, 15) is 9.59 Å². The zero-order chi connectivity index (χ0) is 33.3. The number of hydrogen-bond acceptors (Lipinski definition) is 9. The SMILES string of the molecule is CO[C@H]1CN(c2nc(-c3cc(C)ccc3OCc3ccc4c(c3C)CCN(C3CCOCC3)C4=O)cs2)CC[C@H]1C(=O)OC(C)(C)C. The third-order valence-corrected chi connectivity index (χ3v) is 10.5. The maximum atomic E-state index is 13.5. The second-order valence-electron chi connectivity index (χ2n) is 13.9. The number of aryl methyl sites for hydroxylation is 1. The first-order valence-corrected chi connectivity index (χ1v) is 17.6. The number of piperidine rings is 1. The molecule has 2 fully saturated rings. The molecule has 2 saturated heterocycles. The first-order chi connectivity index (χ1) is 22.5. The number of carbonyl (C=O) groups is 2. The summed E-state index contributed by atoms with van der Waals surface area (Å²) in [6, 6.07) is 10.5. The van der Waals surface area contributed by atoms with Crippen LogP contribution in [0, 0.1) is 19.8 Å².